The summed E-state index contributed by atoms with van der Waals surface area (Å²) in [5.41, 5.74) is 0. The Kier molecular flexibility index (Phi) is 60.5. The molecule has 0 aromatic rings. The SMILES string of the molecule is CCCCCCCC/C=C\CCCCCCCCCC(=O)OCCCCCCCCCCCCCCCCCCCCCCCCCCC(=O)NC(CO)C(O)/C=C/CCCCCCCCCCCCCC. The van der Waals surface area contributed by atoms with Crippen LogP contribution >= 0.6 is 0 Å². The van der Waals surface area contributed by atoms with Crippen LogP contribution in [0.1, 0.15) is 361 Å². The molecule has 6 heteroatoms. The van der Waals surface area contributed by atoms with E-state index in [2.05, 4.69) is 31.3 Å². The molecule has 0 aromatic carbocycles. The molecule has 0 aliphatic carbocycles. The Morgan fingerprint density at radius 1 is 0.375 bits per heavy atom. The minimum Gasteiger partial charge on any atom is -0.466 e. The molecule has 0 saturated carbocycles. The van der Waals surface area contributed by atoms with Gasteiger partial charge in [-0.25, -0.2) is 0 Å². The molecule has 0 bridgehead atoms. The molecule has 3 N–H and O–H groups in total. The Bertz CT molecular complexity index is 1120. The van der Waals surface area contributed by atoms with Gasteiger partial charge in [0.2, 0.25) is 5.91 Å². The number of allylic oxidation sites excluding steroid dienone is 3. The summed E-state index contributed by atoms with van der Waals surface area (Å²) in [6.07, 6.45) is 76.6. The van der Waals surface area contributed by atoms with Crippen LogP contribution in [0.2, 0.25) is 0 Å². The van der Waals surface area contributed by atoms with E-state index in [4.69, 9.17) is 4.74 Å². The zero-order chi connectivity index (χ0) is 52.2. The van der Waals surface area contributed by atoms with Gasteiger partial charge in [0.1, 0.15) is 0 Å². The summed E-state index contributed by atoms with van der Waals surface area (Å²) in [5.74, 6) is -0.0532. The number of hydrogen-bond acceptors (Lipinski definition) is 5. The van der Waals surface area contributed by atoms with Crippen molar-refractivity contribution in [2.24, 2.45) is 0 Å². The zero-order valence-electron chi connectivity index (χ0n) is 48.7. The van der Waals surface area contributed by atoms with Crippen molar-refractivity contribution >= 4 is 11.9 Å². The lowest BCUT2D eigenvalue weighted by atomic mass is 10.0. The highest BCUT2D eigenvalue weighted by Gasteiger charge is 2.18. The molecule has 0 rings (SSSR count). The molecule has 2 unspecified atom stereocenters. The molecule has 0 heterocycles. The van der Waals surface area contributed by atoms with Crippen LogP contribution in [-0.4, -0.2) is 47.4 Å². The van der Waals surface area contributed by atoms with Crippen molar-refractivity contribution in [3.05, 3.63) is 24.3 Å². The lowest BCUT2D eigenvalue weighted by molar-refractivity contribution is -0.143. The van der Waals surface area contributed by atoms with E-state index in [9.17, 15) is 19.8 Å². The molecule has 0 fully saturated rings. The van der Waals surface area contributed by atoms with Crippen LogP contribution in [0.25, 0.3) is 0 Å². The first kappa shape index (κ1) is 70.3. The van der Waals surface area contributed by atoms with Crippen molar-refractivity contribution in [3.8, 4) is 0 Å². The number of hydrogen-bond donors (Lipinski definition) is 3. The zero-order valence-corrected chi connectivity index (χ0v) is 48.7. The standard InChI is InChI=1S/C66H127NO5/c1-3-5-7-9-11-13-15-17-19-28-32-36-40-44-48-52-56-60-66(71)72-61-57-53-49-45-41-37-33-30-27-25-23-21-20-22-24-26-29-31-35-39-43-47-51-55-59-65(70)67-63(62-68)64(69)58-54-50-46-42-38-34-18-16-14-12-10-8-6-4-2/h17,19,54,58,63-64,68-69H,3-16,18,20-53,55-57,59-62H2,1-2H3,(H,67,70)/b19-17-,58-54+. The van der Waals surface area contributed by atoms with Crippen molar-refractivity contribution in [3.63, 3.8) is 0 Å². The second-order valence-corrected chi connectivity index (χ2v) is 22.5. The number of aliphatic hydroxyl groups is 2. The Balaban J connectivity index is 3.37. The first-order valence-corrected chi connectivity index (χ1v) is 32.6. The summed E-state index contributed by atoms with van der Waals surface area (Å²) in [4.78, 5) is 24.5. The topological polar surface area (TPSA) is 95.9 Å². The number of aliphatic hydroxyl groups excluding tert-OH is 2. The molecule has 6 nitrogen and oxygen atoms in total. The molecule has 0 aliphatic heterocycles. The van der Waals surface area contributed by atoms with E-state index in [-0.39, 0.29) is 18.5 Å². The fraction of sp³-hybridized carbons (Fsp3) is 0.909. The number of rotatable bonds is 61. The molecule has 0 spiro atoms. The smallest absolute Gasteiger partial charge is 0.305 e. The Hall–Kier alpha value is -1.66. The van der Waals surface area contributed by atoms with Crippen molar-refractivity contribution < 1.29 is 24.5 Å². The van der Waals surface area contributed by atoms with Crippen LogP contribution in [0.15, 0.2) is 24.3 Å². The predicted octanol–water partition coefficient (Wildman–Crippen LogP) is 20.6. The van der Waals surface area contributed by atoms with Gasteiger partial charge in [-0.15, -0.1) is 0 Å². The molecule has 426 valence electrons. The average Bonchev–Trinajstić information content (AvgIpc) is 3.38. The molecule has 72 heavy (non-hydrogen) atoms. The van der Waals surface area contributed by atoms with Crippen LogP contribution in [-0.2, 0) is 14.3 Å². The maximum atomic E-state index is 12.5. The molecule has 0 saturated heterocycles. The third kappa shape index (κ3) is 57.6. The first-order valence-electron chi connectivity index (χ1n) is 32.6. The maximum absolute atomic E-state index is 12.5. The lowest BCUT2D eigenvalue weighted by Crippen LogP contribution is -2.45. The minimum absolute atomic E-state index is 0.0121. The number of ether oxygens (including phenoxy) is 1. The number of unbranched alkanes of at least 4 members (excludes halogenated alkanes) is 48. The van der Waals surface area contributed by atoms with Crippen LogP contribution in [0.3, 0.4) is 0 Å². The molecule has 1 amide bonds. The number of carbonyl (C=O) groups is 2. The number of nitrogens with one attached hydrogen (secondary N) is 1. The Labute approximate surface area is 450 Å². The highest BCUT2D eigenvalue weighted by atomic mass is 16.5. The summed E-state index contributed by atoms with van der Waals surface area (Å²) in [6, 6.07) is -0.626. The summed E-state index contributed by atoms with van der Waals surface area (Å²) in [6.45, 7) is 4.92. The second-order valence-electron chi connectivity index (χ2n) is 22.5. The summed E-state index contributed by atoms with van der Waals surface area (Å²) < 4.78 is 5.50. The van der Waals surface area contributed by atoms with Crippen molar-refractivity contribution in [2.75, 3.05) is 13.2 Å². The van der Waals surface area contributed by atoms with Gasteiger partial charge in [0.05, 0.1) is 25.4 Å². The summed E-state index contributed by atoms with van der Waals surface area (Å²) in [7, 11) is 0. The van der Waals surface area contributed by atoms with E-state index in [1.165, 1.54) is 289 Å². The van der Waals surface area contributed by atoms with E-state index in [1.54, 1.807) is 6.08 Å². The summed E-state index contributed by atoms with van der Waals surface area (Å²) in [5, 5.41) is 23.1. The third-order valence-corrected chi connectivity index (χ3v) is 15.2. The quantitative estimate of drug-likeness (QED) is 0.0320. The van der Waals surface area contributed by atoms with Crippen LogP contribution in [0.5, 0.6) is 0 Å². The van der Waals surface area contributed by atoms with Gasteiger partial charge >= 0.3 is 5.97 Å². The number of esters is 1. The highest BCUT2D eigenvalue weighted by molar-refractivity contribution is 5.76. The van der Waals surface area contributed by atoms with Gasteiger partial charge in [-0.3, -0.25) is 9.59 Å². The van der Waals surface area contributed by atoms with E-state index in [0.29, 0.717) is 19.4 Å². The van der Waals surface area contributed by atoms with Gasteiger partial charge in [0.15, 0.2) is 0 Å². The van der Waals surface area contributed by atoms with E-state index < -0.39 is 12.1 Å². The lowest BCUT2D eigenvalue weighted by Gasteiger charge is -2.20. The van der Waals surface area contributed by atoms with Crippen LogP contribution < -0.4 is 5.32 Å². The monoisotopic (exact) mass is 1010 g/mol. The molecule has 2 atom stereocenters. The number of carbonyl (C=O) groups excluding carboxylic acids is 2. The largest absolute Gasteiger partial charge is 0.466 e. The van der Waals surface area contributed by atoms with Crippen molar-refractivity contribution in [2.45, 2.75) is 373 Å². The van der Waals surface area contributed by atoms with E-state index in [0.717, 1.165) is 44.9 Å². The van der Waals surface area contributed by atoms with Crippen LogP contribution in [0.4, 0.5) is 0 Å². The molecule has 0 radical (unpaired) electrons. The highest BCUT2D eigenvalue weighted by Crippen LogP contribution is 2.18. The Morgan fingerprint density at radius 2 is 0.653 bits per heavy atom. The molecular weight excluding hydrogens is 887 g/mol. The fourth-order valence-electron chi connectivity index (χ4n) is 10.2. The van der Waals surface area contributed by atoms with E-state index >= 15 is 0 Å². The van der Waals surface area contributed by atoms with Gasteiger partial charge in [-0.05, 0) is 57.8 Å². The average molecular weight is 1010 g/mol. The fourth-order valence-corrected chi connectivity index (χ4v) is 10.2. The normalized spacial score (nSPS) is 12.7. The molecule has 0 aromatic heterocycles. The van der Waals surface area contributed by atoms with Crippen LogP contribution in [0, 0.1) is 0 Å². The first-order chi connectivity index (χ1) is 35.5. The van der Waals surface area contributed by atoms with E-state index in [1.807, 2.05) is 6.08 Å². The molecular formula is C66H127NO5. The van der Waals surface area contributed by atoms with Gasteiger partial charge in [-0.1, -0.05) is 314 Å². The van der Waals surface area contributed by atoms with Crippen molar-refractivity contribution in [1.29, 1.82) is 0 Å². The predicted molar refractivity (Wildman–Crippen MR) is 315 cm³/mol. The molecule has 0 aliphatic rings. The Morgan fingerprint density at radius 3 is 0.986 bits per heavy atom. The van der Waals surface area contributed by atoms with Gasteiger partial charge < -0.3 is 20.3 Å². The van der Waals surface area contributed by atoms with Crippen molar-refractivity contribution in [1.82, 2.24) is 5.32 Å². The second kappa shape index (κ2) is 61.9. The van der Waals surface area contributed by atoms with Gasteiger partial charge in [0.25, 0.3) is 0 Å². The maximum Gasteiger partial charge on any atom is 0.305 e. The van der Waals surface area contributed by atoms with Gasteiger partial charge in [-0.2, -0.15) is 0 Å². The minimum atomic E-state index is -0.843. The number of amides is 1. The van der Waals surface area contributed by atoms with Gasteiger partial charge in [0, 0.05) is 12.8 Å². The third-order valence-electron chi connectivity index (χ3n) is 15.2. The summed E-state index contributed by atoms with van der Waals surface area (Å²) >= 11 is 0.